The molecule has 0 bridgehead atoms. The molecule has 208 valence electrons. The molecule has 0 radical (unpaired) electrons. The molecule has 0 aliphatic carbocycles. The van der Waals surface area contributed by atoms with E-state index in [-0.39, 0.29) is 50.3 Å². The standard InChI is InChI=1S/C28H15ClF5N3O4/c29-20-2-1-16(30)11-18(20)24-23-19(26(39)37-24)7-13(12-3-4-35-22(8-12)27(40)41)9-21(23)36-25(38)14-5-15(28(32,33)34)10-17(31)6-14/h1-11,24H,(H,36,38)(H,37,39)(H,40,41). The first kappa shape index (κ1) is 27.7. The van der Waals surface area contributed by atoms with E-state index >= 15 is 0 Å². The first-order chi connectivity index (χ1) is 19.3. The first-order valence-corrected chi connectivity index (χ1v) is 12.0. The minimum absolute atomic E-state index is 0.00737. The number of anilines is 1. The predicted octanol–water partition coefficient (Wildman–Crippen LogP) is 6.48. The first-order valence-electron chi connectivity index (χ1n) is 11.6. The van der Waals surface area contributed by atoms with Crippen molar-refractivity contribution in [2.45, 2.75) is 12.2 Å². The second-order valence-corrected chi connectivity index (χ2v) is 9.38. The van der Waals surface area contributed by atoms with E-state index in [2.05, 4.69) is 15.6 Å². The molecule has 0 saturated heterocycles. The molecule has 1 aliphatic rings. The third-order valence-electron chi connectivity index (χ3n) is 6.31. The highest BCUT2D eigenvalue weighted by molar-refractivity contribution is 6.31. The average molecular weight is 588 g/mol. The summed E-state index contributed by atoms with van der Waals surface area (Å²) in [7, 11) is 0. The lowest BCUT2D eigenvalue weighted by atomic mass is 9.92. The maximum Gasteiger partial charge on any atom is 0.416 e. The summed E-state index contributed by atoms with van der Waals surface area (Å²) in [5.41, 5.74) is -1.72. The number of fused-ring (bicyclic) bond motifs is 1. The van der Waals surface area contributed by atoms with Gasteiger partial charge in [-0.25, -0.2) is 18.6 Å². The molecule has 0 saturated carbocycles. The number of hydrogen-bond donors (Lipinski definition) is 3. The van der Waals surface area contributed by atoms with E-state index in [1.807, 2.05) is 0 Å². The van der Waals surface area contributed by atoms with Crippen molar-refractivity contribution in [3.05, 3.63) is 117 Å². The molecule has 1 aromatic heterocycles. The van der Waals surface area contributed by atoms with E-state index < -0.39 is 52.8 Å². The van der Waals surface area contributed by atoms with Crippen LogP contribution < -0.4 is 10.6 Å². The number of benzene rings is 3. The minimum atomic E-state index is -4.93. The zero-order chi connectivity index (χ0) is 29.6. The SMILES string of the molecule is O=C(Nc1cc(-c2ccnc(C(=O)O)c2)cc2c1C(c1cc(F)ccc1Cl)NC2=O)c1cc(F)cc(C(F)(F)F)c1. The molecular formula is C28H15ClF5N3O4. The lowest BCUT2D eigenvalue weighted by Crippen LogP contribution is -2.21. The van der Waals surface area contributed by atoms with Crippen LogP contribution in [0.3, 0.4) is 0 Å². The summed E-state index contributed by atoms with van der Waals surface area (Å²) in [5.74, 6) is -5.10. The number of carboxylic acid groups (broad SMARTS) is 1. The largest absolute Gasteiger partial charge is 0.477 e. The van der Waals surface area contributed by atoms with E-state index in [4.69, 9.17) is 11.6 Å². The maximum absolute atomic E-state index is 14.1. The van der Waals surface area contributed by atoms with Crippen molar-refractivity contribution < 1.29 is 41.4 Å². The van der Waals surface area contributed by atoms with Gasteiger partial charge in [0.05, 0.1) is 11.6 Å². The number of carbonyl (C=O) groups is 3. The number of hydrogen-bond acceptors (Lipinski definition) is 4. The maximum atomic E-state index is 14.1. The Morgan fingerprint density at radius 3 is 2.41 bits per heavy atom. The summed E-state index contributed by atoms with van der Waals surface area (Å²) < 4.78 is 68.0. The minimum Gasteiger partial charge on any atom is -0.477 e. The van der Waals surface area contributed by atoms with Crippen LogP contribution in [0.1, 0.15) is 53.9 Å². The van der Waals surface area contributed by atoms with E-state index in [1.54, 1.807) is 0 Å². The Hall–Kier alpha value is -4.84. The van der Waals surface area contributed by atoms with E-state index in [9.17, 15) is 41.4 Å². The highest BCUT2D eigenvalue weighted by Crippen LogP contribution is 2.42. The zero-order valence-corrected chi connectivity index (χ0v) is 21.1. The van der Waals surface area contributed by atoms with Gasteiger partial charge >= 0.3 is 12.1 Å². The molecule has 7 nitrogen and oxygen atoms in total. The summed E-state index contributed by atoms with van der Waals surface area (Å²) in [6.45, 7) is 0. The molecule has 1 atom stereocenters. The molecule has 5 rings (SSSR count). The van der Waals surface area contributed by atoms with Crippen LogP contribution in [-0.4, -0.2) is 27.9 Å². The molecule has 0 spiro atoms. The Balaban J connectivity index is 1.68. The van der Waals surface area contributed by atoms with Gasteiger partial charge in [0.1, 0.15) is 17.3 Å². The number of rotatable bonds is 5. The molecule has 3 aromatic carbocycles. The number of nitrogens with one attached hydrogen (secondary N) is 2. The van der Waals surface area contributed by atoms with Crippen LogP contribution in [0.25, 0.3) is 11.1 Å². The lowest BCUT2D eigenvalue weighted by molar-refractivity contribution is -0.137. The van der Waals surface area contributed by atoms with E-state index in [0.29, 0.717) is 12.1 Å². The van der Waals surface area contributed by atoms with Crippen molar-refractivity contribution >= 4 is 35.1 Å². The molecule has 1 unspecified atom stereocenters. The fourth-order valence-corrected chi connectivity index (χ4v) is 4.70. The monoisotopic (exact) mass is 587 g/mol. The van der Waals surface area contributed by atoms with E-state index in [1.165, 1.54) is 36.5 Å². The van der Waals surface area contributed by atoms with Crippen LogP contribution in [-0.2, 0) is 6.18 Å². The average Bonchev–Trinajstić information content (AvgIpc) is 3.25. The summed E-state index contributed by atoms with van der Waals surface area (Å²) in [5, 5.41) is 14.5. The molecular weight excluding hydrogens is 573 g/mol. The van der Waals surface area contributed by atoms with Gasteiger partial charge in [0.2, 0.25) is 0 Å². The molecule has 2 heterocycles. The summed E-state index contributed by atoms with van der Waals surface area (Å²) >= 11 is 6.28. The smallest absolute Gasteiger partial charge is 0.416 e. The fourth-order valence-electron chi connectivity index (χ4n) is 4.48. The van der Waals surface area contributed by atoms with Crippen molar-refractivity contribution in [3.63, 3.8) is 0 Å². The highest BCUT2D eigenvalue weighted by atomic mass is 35.5. The van der Waals surface area contributed by atoms with Crippen molar-refractivity contribution in [2.75, 3.05) is 5.32 Å². The second kappa shape index (κ2) is 10.3. The van der Waals surface area contributed by atoms with Crippen LogP contribution in [0.4, 0.5) is 27.6 Å². The molecule has 3 N–H and O–H groups in total. The number of carboxylic acids is 1. The second-order valence-electron chi connectivity index (χ2n) is 8.97. The van der Waals surface area contributed by atoms with Crippen LogP contribution in [0.2, 0.25) is 5.02 Å². The van der Waals surface area contributed by atoms with Gasteiger partial charge in [-0.15, -0.1) is 0 Å². The number of aromatic nitrogens is 1. The quantitative estimate of drug-likeness (QED) is 0.232. The summed E-state index contributed by atoms with van der Waals surface area (Å²) in [4.78, 5) is 41.4. The fraction of sp³-hybridized carbons (Fsp3) is 0.0714. The number of nitrogens with zero attached hydrogens (tertiary/aromatic N) is 1. The Bertz CT molecular complexity index is 1760. The van der Waals surface area contributed by atoms with Crippen molar-refractivity contribution in [3.8, 4) is 11.1 Å². The molecule has 0 fully saturated rings. The van der Waals surface area contributed by atoms with Gasteiger partial charge in [0, 0.05) is 39.2 Å². The molecule has 1 aliphatic heterocycles. The molecule has 2 amide bonds. The number of amides is 2. The van der Waals surface area contributed by atoms with Gasteiger partial charge in [-0.3, -0.25) is 9.59 Å². The topological polar surface area (TPSA) is 108 Å². The van der Waals surface area contributed by atoms with Crippen molar-refractivity contribution in [1.82, 2.24) is 10.3 Å². The lowest BCUT2D eigenvalue weighted by Gasteiger charge is -2.19. The van der Waals surface area contributed by atoms with E-state index in [0.717, 1.165) is 12.1 Å². The third kappa shape index (κ3) is 5.46. The zero-order valence-electron chi connectivity index (χ0n) is 20.3. The normalized spacial score (nSPS) is 14.4. The van der Waals surface area contributed by atoms with Gasteiger partial charge < -0.3 is 15.7 Å². The summed E-state index contributed by atoms with van der Waals surface area (Å²) in [6.07, 6.45) is -3.72. The number of halogens is 6. The number of aromatic carboxylic acids is 1. The Morgan fingerprint density at radius 1 is 0.951 bits per heavy atom. The van der Waals surface area contributed by atoms with Crippen molar-refractivity contribution in [2.24, 2.45) is 0 Å². The number of alkyl halides is 3. The number of carbonyl (C=O) groups excluding carboxylic acids is 2. The van der Waals surface area contributed by atoms with Gasteiger partial charge in [-0.2, -0.15) is 13.2 Å². The molecule has 4 aromatic rings. The van der Waals surface area contributed by atoms with Crippen LogP contribution in [0, 0.1) is 11.6 Å². The van der Waals surface area contributed by atoms with Crippen molar-refractivity contribution in [1.29, 1.82) is 0 Å². The molecule has 13 heteroatoms. The Labute approximate surface area is 232 Å². The third-order valence-corrected chi connectivity index (χ3v) is 6.65. The van der Waals surface area contributed by atoms with Gasteiger partial charge in [-0.1, -0.05) is 11.6 Å². The highest BCUT2D eigenvalue weighted by Gasteiger charge is 2.36. The van der Waals surface area contributed by atoms with Gasteiger partial charge in [0.15, 0.2) is 0 Å². The van der Waals surface area contributed by atoms with Crippen LogP contribution >= 0.6 is 11.6 Å². The van der Waals surface area contributed by atoms with Crippen LogP contribution in [0.5, 0.6) is 0 Å². The number of pyridine rings is 1. The van der Waals surface area contributed by atoms with Crippen LogP contribution in [0.15, 0.2) is 66.9 Å². The Morgan fingerprint density at radius 2 is 1.71 bits per heavy atom. The molecule has 41 heavy (non-hydrogen) atoms. The van der Waals surface area contributed by atoms with Gasteiger partial charge in [-0.05, 0) is 71.8 Å². The Kier molecular flexibility index (Phi) is 6.95. The van der Waals surface area contributed by atoms with Gasteiger partial charge in [0.25, 0.3) is 11.8 Å². The predicted molar refractivity (Wildman–Crippen MR) is 137 cm³/mol. The summed E-state index contributed by atoms with van der Waals surface area (Å²) in [6, 6.07) is 9.07.